The van der Waals surface area contributed by atoms with Crippen LogP contribution in [0.15, 0.2) is 78.9 Å². The van der Waals surface area contributed by atoms with Gasteiger partial charge in [-0.05, 0) is 66.1 Å². The molecule has 3 rings (SSSR count). The van der Waals surface area contributed by atoms with Crippen LogP contribution in [0.3, 0.4) is 0 Å². The molecular formula is C28H22F4N2O3. The lowest BCUT2D eigenvalue weighted by atomic mass is 10.0. The summed E-state index contributed by atoms with van der Waals surface area (Å²) >= 11 is 0. The van der Waals surface area contributed by atoms with E-state index in [0.29, 0.717) is 34.6 Å². The summed E-state index contributed by atoms with van der Waals surface area (Å²) in [6, 6.07) is 15.0. The van der Waals surface area contributed by atoms with E-state index in [2.05, 4.69) is 11.9 Å². The lowest BCUT2D eigenvalue weighted by Gasteiger charge is -2.16. The number of rotatable bonds is 9. The highest BCUT2D eigenvalue weighted by Gasteiger charge is 2.30. The van der Waals surface area contributed by atoms with Gasteiger partial charge in [0.1, 0.15) is 24.1 Å². The molecule has 3 aromatic rings. The molecule has 1 N–H and O–H groups in total. The van der Waals surface area contributed by atoms with E-state index in [9.17, 15) is 27.6 Å². The van der Waals surface area contributed by atoms with Crippen molar-refractivity contribution in [3.05, 3.63) is 107 Å². The molecule has 0 saturated heterocycles. The number of methoxy groups -OCH3 is 1. The molecule has 5 nitrogen and oxygen atoms in total. The van der Waals surface area contributed by atoms with Crippen molar-refractivity contribution in [3.63, 3.8) is 0 Å². The van der Waals surface area contributed by atoms with E-state index in [0.717, 1.165) is 18.2 Å². The van der Waals surface area contributed by atoms with E-state index < -0.39 is 23.5 Å². The molecule has 0 spiro atoms. The second-order valence-corrected chi connectivity index (χ2v) is 7.83. The Balaban J connectivity index is 1.89. The maximum atomic E-state index is 13.5. The zero-order chi connectivity index (χ0) is 27.0. The first-order valence-corrected chi connectivity index (χ1v) is 10.9. The van der Waals surface area contributed by atoms with Crippen molar-refractivity contribution in [2.45, 2.75) is 19.2 Å². The number of ether oxygens (including phenoxy) is 2. The smallest absolute Gasteiger partial charge is 0.416 e. The van der Waals surface area contributed by atoms with E-state index in [4.69, 9.17) is 9.47 Å². The van der Waals surface area contributed by atoms with E-state index in [1.807, 2.05) is 0 Å². The first-order chi connectivity index (χ1) is 17.6. The molecule has 0 aliphatic rings. The van der Waals surface area contributed by atoms with Crippen molar-refractivity contribution in [1.82, 2.24) is 0 Å². The predicted molar refractivity (Wildman–Crippen MR) is 131 cm³/mol. The van der Waals surface area contributed by atoms with Gasteiger partial charge in [0.05, 0.1) is 12.7 Å². The number of halogens is 4. The third kappa shape index (κ3) is 7.21. The summed E-state index contributed by atoms with van der Waals surface area (Å²) in [7, 11) is 1.42. The molecule has 37 heavy (non-hydrogen) atoms. The van der Waals surface area contributed by atoms with Gasteiger partial charge in [0.15, 0.2) is 11.5 Å². The number of nitrogens with zero attached hydrogens (tertiary/aromatic N) is 1. The Morgan fingerprint density at radius 2 is 1.89 bits per heavy atom. The van der Waals surface area contributed by atoms with Crippen LogP contribution in [0.5, 0.6) is 11.5 Å². The van der Waals surface area contributed by atoms with Crippen LogP contribution in [0.1, 0.15) is 22.3 Å². The van der Waals surface area contributed by atoms with Gasteiger partial charge in [0.25, 0.3) is 5.91 Å². The summed E-state index contributed by atoms with van der Waals surface area (Å²) in [6.45, 7) is 3.80. The molecule has 0 aliphatic carbocycles. The third-order valence-electron chi connectivity index (χ3n) is 5.13. The zero-order valence-corrected chi connectivity index (χ0v) is 19.7. The number of hydrogen-bond acceptors (Lipinski definition) is 4. The van der Waals surface area contributed by atoms with Gasteiger partial charge in [-0.2, -0.15) is 18.4 Å². The van der Waals surface area contributed by atoms with Gasteiger partial charge in [0, 0.05) is 11.3 Å². The highest BCUT2D eigenvalue weighted by molar-refractivity contribution is 6.09. The minimum Gasteiger partial charge on any atom is -0.493 e. The van der Waals surface area contributed by atoms with Gasteiger partial charge in [-0.3, -0.25) is 4.79 Å². The van der Waals surface area contributed by atoms with Crippen molar-refractivity contribution < 1.29 is 31.8 Å². The van der Waals surface area contributed by atoms with Crippen LogP contribution in [-0.4, -0.2) is 13.0 Å². The number of nitrogens with one attached hydrogen (secondary N) is 1. The molecule has 190 valence electrons. The standard InChI is InChI=1S/C28H22F4N2O3/c1-3-6-20-11-19(14-25(36-2)26(20)37-17-18-7-4-9-23(29)13-18)12-21(16-33)27(35)34-24-10-5-8-22(15-24)28(30,31)32/h3-5,7-15H,1,6,17H2,2H3,(H,34,35)/b21-12+. The Kier molecular flexibility index (Phi) is 8.69. The predicted octanol–water partition coefficient (Wildman–Crippen LogP) is 6.71. The Morgan fingerprint density at radius 3 is 2.54 bits per heavy atom. The van der Waals surface area contributed by atoms with Gasteiger partial charge in [0.2, 0.25) is 0 Å². The first kappa shape index (κ1) is 27.0. The maximum Gasteiger partial charge on any atom is 0.416 e. The van der Waals surface area contributed by atoms with Crippen LogP contribution in [0.2, 0.25) is 0 Å². The van der Waals surface area contributed by atoms with Crippen molar-refractivity contribution in [2.24, 2.45) is 0 Å². The molecule has 0 fully saturated rings. The number of allylic oxidation sites excluding steroid dienone is 1. The Hall–Kier alpha value is -4.58. The number of nitriles is 1. The van der Waals surface area contributed by atoms with Crippen LogP contribution in [0.4, 0.5) is 23.2 Å². The summed E-state index contributed by atoms with van der Waals surface area (Å²) in [4.78, 5) is 12.6. The molecule has 0 aliphatic heterocycles. The number of hydrogen-bond donors (Lipinski definition) is 1. The zero-order valence-electron chi connectivity index (χ0n) is 19.7. The van der Waals surface area contributed by atoms with Gasteiger partial charge in [-0.15, -0.1) is 6.58 Å². The lowest BCUT2D eigenvalue weighted by molar-refractivity contribution is -0.137. The molecule has 0 bridgehead atoms. The molecule has 1 amide bonds. The molecular weight excluding hydrogens is 488 g/mol. The van der Waals surface area contributed by atoms with E-state index in [-0.39, 0.29) is 17.9 Å². The van der Waals surface area contributed by atoms with Crippen LogP contribution < -0.4 is 14.8 Å². The normalized spacial score (nSPS) is 11.4. The minimum absolute atomic E-state index is 0.0658. The number of carbonyl (C=O) groups excluding carboxylic acids is 1. The highest BCUT2D eigenvalue weighted by Crippen LogP contribution is 2.35. The quantitative estimate of drug-likeness (QED) is 0.150. The first-order valence-electron chi connectivity index (χ1n) is 10.9. The van der Waals surface area contributed by atoms with Crippen molar-refractivity contribution in [2.75, 3.05) is 12.4 Å². The van der Waals surface area contributed by atoms with E-state index in [1.165, 1.54) is 31.4 Å². The summed E-state index contributed by atoms with van der Waals surface area (Å²) in [6.07, 6.45) is -1.31. The Morgan fingerprint density at radius 1 is 1.14 bits per heavy atom. The number of anilines is 1. The molecule has 0 heterocycles. The minimum atomic E-state index is -4.58. The average molecular weight is 510 g/mol. The summed E-state index contributed by atoms with van der Waals surface area (Å²) in [5.41, 5.74) is 0.286. The topological polar surface area (TPSA) is 71.4 Å². The molecule has 0 aromatic heterocycles. The number of amides is 1. The Bertz CT molecular complexity index is 1370. The maximum absolute atomic E-state index is 13.5. The summed E-state index contributed by atoms with van der Waals surface area (Å²) in [5.74, 6) is -0.585. The van der Waals surface area contributed by atoms with Gasteiger partial charge in [-0.25, -0.2) is 4.39 Å². The SMILES string of the molecule is C=CCc1cc(/C=C(\C#N)C(=O)Nc2cccc(C(F)(F)F)c2)cc(OC)c1OCc1cccc(F)c1. The van der Waals surface area contributed by atoms with Crippen molar-refractivity contribution in [1.29, 1.82) is 5.26 Å². The second-order valence-electron chi connectivity index (χ2n) is 7.83. The van der Waals surface area contributed by atoms with Crippen LogP contribution >= 0.6 is 0 Å². The van der Waals surface area contributed by atoms with E-state index >= 15 is 0 Å². The summed E-state index contributed by atoms with van der Waals surface area (Å²) in [5, 5.41) is 11.9. The van der Waals surface area contributed by atoms with Crippen molar-refractivity contribution >= 4 is 17.7 Å². The summed E-state index contributed by atoms with van der Waals surface area (Å²) < 4.78 is 63.8. The molecule has 0 radical (unpaired) electrons. The number of alkyl halides is 3. The molecule has 3 aromatic carbocycles. The van der Waals surface area contributed by atoms with Crippen LogP contribution in [0, 0.1) is 17.1 Å². The molecule has 9 heteroatoms. The lowest BCUT2D eigenvalue weighted by Crippen LogP contribution is -2.14. The average Bonchev–Trinajstić information content (AvgIpc) is 2.86. The molecule has 0 unspecified atom stereocenters. The number of carbonyl (C=O) groups is 1. The van der Waals surface area contributed by atoms with Gasteiger partial charge in [-0.1, -0.05) is 24.3 Å². The largest absolute Gasteiger partial charge is 0.493 e. The second kappa shape index (κ2) is 11.9. The van der Waals surface area contributed by atoms with Crippen LogP contribution in [-0.2, 0) is 24.0 Å². The number of benzene rings is 3. The van der Waals surface area contributed by atoms with Gasteiger partial charge >= 0.3 is 6.18 Å². The fourth-order valence-corrected chi connectivity index (χ4v) is 3.46. The molecule has 0 atom stereocenters. The monoisotopic (exact) mass is 510 g/mol. The fraction of sp³-hybridized carbons (Fsp3) is 0.143. The van der Waals surface area contributed by atoms with E-state index in [1.54, 1.807) is 36.4 Å². The fourth-order valence-electron chi connectivity index (χ4n) is 3.46. The van der Waals surface area contributed by atoms with Crippen molar-refractivity contribution in [3.8, 4) is 17.6 Å². The Labute approximate surface area is 211 Å². The highest BCUT2D eigenvalue weighted by atomic mass is 19.4. The van der Waals surface area contributed by atoms with Gasteiger partial charge < -0.3 is 14.8 Å². The third-order valence-corrected chi connectivity index (χ3v) is 5.13. The molecule has 0 saturated carbocycles. The van der Waals surface area contributed by atoms with Crippen LogP contribution in [0.25, 0.3) is 6.08 Å².